The van der Waals surface area contributed by atoms with Crippen molar-refractivity contribution in [1.82, 2.24) is 9.55 Å². The van der Waals surface area contributed by atoms with Crippen LogP contribution in [0.4, 0.5) is 5.69 Å². The normalized spacial score (nSPS) is 16.1. The van der Waals surface area contributed by atoms with Crippen molar-refractivity contribution in [2.24, 2.45) is 5.92 Å². The molecule has 1 aliphatic carbocycles. The number of imidazole rings is 1. The van der Waals surface area contributed by atoms with E-state index in [1.165, 1.54) is 19.3 Å². The van der Waals surface area contributed by atoms with Crippen LogP contribution in [0.25, 0.3) is 5.69 Å². The van der Waals surface area contributed by atoms with Crippen molar-refractivity contribution in [1.29, 1.82) is 0 Å². The average Bonchev–Trinajstić information content (AvgIpc) is 3.13. The smallest absolute Gasteiger partial charge is 0.330 e. The van der Waals surface area contributed by atoms with Crippen LogP contribution in [0, 0.1) is 5.92 Å². The predicted molar refractivity (Wildman–Crippen MR) is 123 cm³/mol. The second kappa shape index (κ2) is 8.50. The largest absolute Gasteiger partial charge is 0.493 e. The van der Waals surface area contributed by atoms with Crippen LogP contribution in [0.15, 0.2) is 58.4 Å². The number of rotatable bonds is 7. The van der Waals surface area contributed by atoms with Gasteiger partial charge in [0.1, 0.15) is 5.75 Å². The van der Waals surface area contributed by atoms with E-state index in [2.05, 4.69) is 9.71 Å². The number of aromatic amines is 1. The molecule has 0 amide bonds. The quantitative estimate of drug-likeness (QED) is 0.565. The third-order valence-electron chi connectivity index (χ3n) is 6.41. The van der Waals surface area contributed by atoms with E-state index in [0.29, 0.717) is 18.0 Å². The molecule has 8 heteroatoms. The molecule has 0 spiro atoms. The number of anilines is 1. The van der Waals surface area contributed by atoms with Crippen molar-refractivity contribution in [3.05, 3.63) is 70.4 Å². The summed E-state index contributed by atoms with van der Waals surface area (Å²) in [6.07, 6.45) is 9.41. The molecule has 32 heavy (non-hydrogen) atoms. The fraction of sp³-hybridized carbons (Fsp3) is 0.375. The summed E-state index contributed by atoms with van der Waals surface area (Å²) < 4.78 is 35.4. The maximum Gasteiger partial charge on any atom is 0.330 e. The number of sulfonamides is 1. The first-order valence-electron chi connectivity index (χ1n) is 11.2. The Kier molecular flexibility index (Phi) is 5.55. The zero-order valence-corrected chi connectivity index (χ0v) is 18.7. The van der Waals surface area contributed by atoms with E-state index >= 15 is 0 Å². The van der Waals surface area contributed by atoms with Crippen LogP contribution in [0.5, 0.6) is 5.75 Å². The third kappa shape index (κ3) is 4.32. The molecule has 0 saturated heterocycles. The minimum atomic E-state index is -3.72. The molecule has 2 N–H and O–H groups in total. The fourth-order valence-corrected chi connectivity index (χ4v) is 5.42. The number of nitrogens with one attached hydrogen (secondary N) is 2. The van der Waals surface area contributed by atoms with E-state index in [9.17, 15) is 13.2 Å². The van der Waals surface area contributed by atoms with Crippen LogP contribution < -0.4 is 15.1 Å². The number of nitrogens with zero attached hydrogens (tertiary/aromatic N) is 1. The van der Waals surface area contributed by atoms with Gasteiger partial charge in [-0.25, -0.2) is 13.2 Å². The second-order valence-electron chi connectivity index (χ2n) is 8.66. The molecule has 1 fully saturated rings. The van der Waals surface area contributed by atoms with Gasteiger partial charge in [-0.1, -0.05) is 19.3 Å². The van der Waals surface area contributed by atoms with Gasteiger partial charge >= 0.3 is 5.69 Å². The summed E-state index contributed by atoms with van der Waals surface area (Å²) in [4.78, 5) is 15.5. The lowest BCUT2D eigenvalue weighted by molar-refractivity contribution is 0.288. The summed E-state index contributed by atoms with van der Waals surface area (Å²) in [5, 5.41) is 0. The first-order chi connectivity index (χ1) is 15.5. The van der Waals surface area contributed by atoms with E-state index in [1.54, 1.807) is 47.0 Å². The summed E-state index contributed by atoms with van der Waals surface area (Å²) in [7, 11) is -3.72. The van der Waals surface area contributed by atoms with Gasteiger partial charge in [-0.2, -0.15) is 0 Å². The number of ether oxygens (including phenoxy) is 1. The Bertz CT molecular complexity index is 1270. The Hall–Kier alpha value is -3.00. The molecular weight excluding hydrogens is 426 g/mol. The Morgan fingerprint density at radius 3 is 2.66 bits per heavy atom. The number of benzene rings is 2. The van der Waals surface area contributed by atoms with Crippen LogP contribution in [0.2, 0.25) is 0 Å². The molecule has 2 aromatic carbocycles. The minimum absolute atomic E-state index is 0.182. The highest BCUT2D eigenvalue weighted by Crippen LogP contribution is 2.30. The van der Waals surface area contributed by atoms with Crippen LogP contribution in [0.3, 0.4) is 0 Å². The Labute approximate surface area is 187 Å². The van der Waals surface area contributed by atoms with E-state index in [0.717, 1.165) is 48.6 Å². The first-order valence-corrected chi connectivity index (χ1v) is 12.7. The van der Waals surface area contributed by atoms with E-state index in [4.69, 9.17) is 4.74 Å². The van der Waals surface area contributed by atoms with Gasteiger partial charge in [0, 0.05) is 17.6 Å². The predicted octanol–water partition coefficient (Wildman–Crippen LogP) is 4.02. The van der Waals surface area contributed by atoms with Gasteiger partial charge in [-0.3, -0.25) is 9.29 Å². The van der Waals surface area contributed by atoms with E-state index in [1.807, 2.05) is 6.20 Å². The lowest BCUT2D eigenvalue weighted by Crippen LogP contribution is -2.16. The molecular formula is C24H27N3O4S. The van der Waals surface area contributed by atoms with Crippen molar-refractivity contribution >= 4 is 15.7 Å². The maximum atomic E-state index is 12.8. The number of hydrogen-bond donors (Lipinski definition) is 2. The van der Waals surface area contributed by atoms with Gasteiger partial charge in [0.25, 0.3) is 10.0 Å². The van der Waals surface area contributed by atoms with Crippen LogP contribution in [-0.2, 0) is 22.9 Å². The van der Waals surface area contributed by atoms with Crippen LogP contribution in [-0.4, -0.2) is 24.6 Å². The molecule has 2 aliphatic rings. The van der Waals surface area contributed by atoms with Crippen LogP contribution >= 0.6 is 0 Å². The van der Waals surface area contributed by atoms with Gasteiger partial charge in [-0.15, -0.1) is 0 Å². The lowest BCUT2D eigenvalue weighted by atomic mass is 9.82. The molecule has 1 saturated carbocycles. The maximum absolute atomic E-state index is 12.8. The minimum Gasteiger partial charge on any atom is -0.493 e. The Balaban J connectivity index is 1.29. The highest BCUT2D eigenvalue weighted by Gasteiger charge is 2.19. The third-order valence-corrected chi connectivity index (χ3v) is 7.78. The average molecular weight is 454 g/mol. The van der Waals surface area contributed by atoms with Crippen molar-refractivity contribution in [2.45, 2.75) is 49.8 Å². The van der Waals surface area contributed by atoms with E-state index in [-0.39, 0.29) is 10.6 Å². The highest BCUT2D eigenvalue weighted by molar-refractivity contribution is 7.92. The molecule has 1 aromatic heterocycles. The number of aromatic nitrogens is 2. The van der Waals surface area contributed by atoms with Crippen molar-refractivity contribution in [2.75, 3.05) is 11.3 Å². The van der Waals surface area contributed by atoms with Gasteiger partial charge < -0.3 is 9.72 Å². The summed E-state index contributed by atoms with van der Waals surface area (Å²) in [5.74, 6) is 1.54. The molecule has 1 aliphatic heterocycles. The molecule has 0 unspecified atom stereocenters. The van der Waals surface area contributed by atoms with Gasteiger partial charge in [0.15, 0.2) is 0 Å². The first kappa shape index (κ1) is 20.9. The van der Waals surface area contributed by atoms with Crippen LogP contribution in [0.1, 0.15) is 43.4 Å². The number of aryl methyl sites for hydroxylation is 2. The Morgan fingerprint density at radius 1 is 1.09 bits per heavy atom. The Morgan fingerprint density at radius 2 is 1.91 bits per heavy atom. The zero-order chi connectivity index (χ0) is 22.1. The van der Waals surface area contributed by atoms with Gasteiger partial charge in [0.05, 0.1) is 17.2 Å². The number of H-pyrrole nitrogens is 1. The van der Waals surface area contributed by atoms with Crippen molar-refractivity contribution in [3.8, 4) is 11.4 Å². The summed E-state index contributed by atoms with van der Waals surface area (Å²) in [6.45, 7) is 0.663. The zero-order valence-electron chi connectivity index (χ0n) is 17.8. The molecule has 3 aromatic rings. The molecule has 0 atom stereocenters. The molecule has 7 nitrogen and oxygen atoms in total. The number of hydrogen-bond acceptors (Lipinski definition) is 4. The lowest BCUT2D eigenvalue weighted by Gasteiger charge is -2.24. The molecule has 0 radical (unpaired) electrons. The number of fused-ring (bicyclic) bond motifs is 1. The molecule has 2 heterocycles. The monoisotopic (exact) mass is 453 g/mol. The standard InChI is InChI=1S/C24H27N3O4S/c28-24-25-20(7-6-17-3-1-4-17)16-27(24)21-10-8-19(9-11-21)26-32(29,30)22-12-13-23-18(15-22)5-2-14-31-23/h8-13,15-17,26H,1-7,14H2,(H,25,28). The van der Waals surface area contributed by atoms with Gasteiger partial charge in [0.2, 0.25) is 0 Å². The summed E-state index contributed by atoms with van der Waals surface area (Å²) in [6, 6.07) is 11.8. The van der Waals surface area contributed by atoms with Gasteiger partial charge in [-0.05, 0) is 79.6 Å². The molecule has 0 bridgehead atoms. The summed E-state index contributed by atoms with van der Waals surface area (Å²) >= 11 is 0. The van der Waals surface area contributed by atoms with Crippen molar-refractivity contribution < 1.29 is 13.2 Å². The fourth-order valence-electron chi connectivity index (χ4n) is 4.31. The summed E-state index contributed by atoms with van der Waals surface area (Å²) in [5.41, 5.74) is 2.79. The topological polar surface area (TPSA) is 93.2 Å². The second-order valence-corrected chi connectivity index (χ2v) is 10.3. The molecule has 5 rings (SSSR count). The van der Waals surface area contributed by atoms with Crippen molar-refractivity contribution in [3.63, 3.8) is 0 Å². The van der Waals surface area contributed by atoms with E-state index < -0.39 is 10.0 Å². The highest BCUT2D eigenvalue weighted by atomic mass is 32.2. The molecule has 168 valence electrons. The SMILES string of the molecule is O=c1[nH]c(CCC2CCC2)cn1-c1ccc(NS(=O)(=O)c2ccc3c(c2)CCCO3)cc1.